The minimum atomic E-state index is 0.284. The molecule has 1 aromatic heterocycles. The van der Waals surface area contributed by atoms with E-state index in [2.05, 4.69) is 22.6 Å². The fraction of sp³-hybridized carbons (Fsp3) is 0.667. The molecular formula is C9H16N2OS. The highest BCUT2D eigenvalue weighted by atomic mass is 32.1. The normalized spacial score (nSPS) is 13.1. The first-order valence-electron chi connectivity index (χ1n) is 4.57. The zero-order valence-corrected chi connectivity index (χ0v) is 8.68. The van der Waals surface area contributed by atoms with Crippen molar-refractivity contribution in [1.29, 1.82) is 0 Å². The smallest absolute Gasteiger partial charge is 0.0795 e. The van der Waals surface area contributed by atoms with Crippen molar-refractivity contribution < 1.29 is 5.11 Å². The minimum absolute atomic E-state index is 0.284. The van der Waals surface area contributed by atoms with Crippen molar-refractivity contribution in [2.45, 2.75) is 25.8 Å². The van der Waals surface area contributed by atoms with E-state index in [9.17, 15) is 0 Å². The number of nitrogens with zero attached hydrogens (tertiary/aromatic N) is 1. The average Bonchev–Trinajstić information content (AvgIpc) is 2.65. The van der Waals surface area contributed by atoms with Gasteiger partial charge in [-0.2, -0.15) is 0 Å². The van der Waals surface area contributed by atoms with Gasteiger partial charge in [0.15, 0.2) is 0 Å². The van der Waals surface area contributed by atoms with Gasteiger partial charge >= 0.3 is 0 Å². The van der Waals surface area contributed by atoms with Gasteiger partial charge in [-0.15, -0.1) is 11.3 Å². The third-order valence-corrected chi connectivity index (χ3v) is 2.54. The lowest BCUT2D eigenvalue weighted by Crippen LogP contribution is -2.20. The van der Waals surface area contributed by atoms with Gasteiger partial charge < -0.3 is 10.4 Å². The maximum atomic E-state index is 8.58. The summed E-state index contributed by atoms with van der Waals surface area (Å²) < 4.78 is 0. The molecule has 74 valence electrons. The fourth-order valence-electron chi connectivity index (χ4n) is 1.10. The molecule has 1 aromatic rings. The van der Waals surface area contributed by atoms with Gasteiger partial charge in [0.05, 0.1) is 11.2 Å². The third-order valence-electron chi connectivity index (χ3n) is 1.93. The molecule has 1 unspecified atom stereocenters. The summed E-state index contributed by atoms with van der Waals surface area (Å²) in [7, 11) is 0. The molecule has 0 radical (unpaired) electrons. The Balaban J connectivity index is 2.15. The van der Waals surface area contributed by atoms with Crippen LogP contribution in [0.4, 0.5) is 0 Å². The largest absolute Gasteiger partial charge is 0.396 e. The highest BCUT2D eigenvalue weighted by molar-refractivity contribution is 7.07. The van der Waals surface area contributed by atoms with Crippen molar-refractivity contribution in [3.63, 3.8) is 0 Å². The van der Waals surface area contributed by atoms with E-state index in [1.54, 1.807) is 11.3 Å². The minimum Gasteiger partial charge on any atom is -0.396 e. The van der Waals surface area contributed by atoms with Crippen molar-refractivity contribution in [3.05, 3.63) is 16.6 Å². The lowest BCUT2D eigenvalue weighted by Gasteiger charge is -2.10. The van der Waals surface area contributed by atoms with E-state index in [1.165, 1.54) is 0 Å². The number of unbranched alkanes of at least 4 members (excludes halogenated alkanes) is 1. The number of aliphatic hydroxyl groups is 1. The Morgan fingerprint density at radius 1 is 1.62 bits per heavy atom. The molecular weight excluding hydrogens is 184 g/mol. The van der Waals surface area contributed by atoms with Crippen LogP contribution in [0.3, 0.4) is 0 Å². The molecule has 4 heteroatoms. The monoisotopic (exact) mass is 200 g/mol. The van der Waals surface area contributed by atoms with Gasteiger partial charge in [0.2, 0.25) is 0 Å². The van der Waals surface area contributed by atoms with Crippen molar-refractivity contribution in [2.24, 2.45) is 0 Å². The predicted octanol–water partition coefficient (Wildman–Crippen LogP) is 1.57. The Hall–Kier alpha value is -0.450. The Kier molecular flexibility index (Phi) is 4.97. The third kappa shape index (κ3) is 3.85. The topological polar surface area (TPSA) is 45.1 Å². The molecule has 1 rings (SSSR count). The molecule has 0 saturated carbocycles. The second-order valence-corrected chi connectivity index (χ2v) is 3.74. The van der Waals surface area contributed by atoms with Crippen LogP contribution in [0.2, 0.25) is 0 Å². The molecule has 1 heterocycles. The summed E-state index contributed by atoms with van der Waals surface area (Å²) in [5.41, 5.74) is 2.95. The van der Waals surface area contributed by atoms with E-state index in [1.807, 2.05) is 5.51 Å². The van der Waals surface area contributed by atoms with Gasteiger partial charge in [-0.1, -0.05) is 0 Å². The van der Waals surface area contributed by atoms with Crippen LogP contribution >= 0.6 is 11.3 Å². The van der Waals surface area contributed by atoms with Crippen LogP contribution in [0.15, 0.2) is 10.9 Å². The molecule has 0 aliphatic heterocycles. The molecule has 13 heavy (non-hydrogen) atoms. The van der Waals surface area contributed by atoms with Gasteiger partial charge in [-0.25, -0.2) is 4.98 Å². The van der Waals surface area contributed by atoms with Crippen LogP contribution < -0.4 is 5.32 Å². The molecule has 0 spiro atoms. The van der Waals surface area contributed by atoms with Crippen molar-refractivity contribution in [1.82, 2.24) is 10.3 Å². The number of hydrogen-bond acceptors (Lipinski definition) is 4. The summed E-state index contributed by atoms with van der Waals surface area (Å²) in [6.45, 7) is 3.33. The zero-order valence-electron chi connectivity index (χ0n) is 7.86. The van der Waals surface area contributed by atoms with Gasteiger partial charge in [0.25, 0.3) is 0 Å². The fourth-order valence-corrected chi connectivity index (χ4v) is 1.74. The molecule has 3 nitrogen and oxygen atoms in total. The highest BCUT2D eigenvalue weighted by Crippen LogP contribution is 2.11. The molecule has 0 aromatic carbocycles. The number of aliphatic hydroxyl groups excluding tert-OH is 1. The quantitative estimate of drug-likeness (QED) is 0.685. The molecule has 0 amide bonds. The molecule has 0 aliphatic carbocycles. The van der Waals surface area contributed by atoms with Gasteiger partial charge in [0, 0.05) is 18.0 Å². The van der Waals surface area contributed by atoms with Crippen LogP contribution in [0.5, 0.6) is 0 Å². The van der Waals surface area contributed by atoms with Gasteiger partial charge in [-0.3, -0.25) is 0 Å². The number of hydrogen-bond donors (Lipinski definition) is 2. The predicted molar refractivity (Wildman–Crippen MR) is 54.9 cm³/mol. The van der Waals surface area contributed by atoms with Crippen molar-refractivity contribution in [3.8, 4) is 0 Å². The first kappa shape index (κ1) is 10.6. The Morgan fingerprint density at radius 3 is 3.08 bits per heavy atom. The number of rotatable bonds is 6. The maximum absolute atomic E-state index is 8.58. The van der Waals surface area contributed by atoms with E-state index in [-0.39, 0.29) is 6.61 Å². The standard InChI is InChI=1S/C9H16N2OS/c1-8(9-6-13-7-11-9)10-4-2-3-5-12/h6-8,10,12H,2-5H2,1H3. The molecule has 1 atom stereocenters. The summed E-state index contributed by atoms with van der Waals surface area (Å²) >= 11 is 1.62. The van der Waals surface area contributed by atoms with Crippen molar-refractivity contribution >= 4 is 11.3 Å². The summed E-state index contributed by atoms with van der Waals surface area (Å²) in [4.78, 5) is 4.22. The molecule has 0 fully saturated rings. The van der Waals surface area contributed by atoms with E-state index in [0.717, 1.165) is 25.1 Å². The van der Waals surface area contributed by atoms with Gasteiger partial charge in [0.1, 0.15) is 0 Å². The molecule has 0 aliphatic rings. The molecule has 2 N–H and O–H groups in total. The Bertz CT molecular complexity index is 213. The van der Waals surface area contributed by atoms with Crippen LogP contribution in [-0.2, 0) is 0 Å². The summed E-state index contributed by atoms with van der Waals surface area (Å²) in [5, 5.41) is 14.0. The van der Waals surface area contributed by atoms with Crippen LogP contribution in [0.25, 0.3) is 0 Å². The molecule has 0 saturated heterocycles. The SMILES string of the molecule is CC(NCCCCO)c1cscn1. The number of aromatic nitrogens is 1. The zero-order chi connectivity index (χ0) is 9.52. The van der Waals surface area contributed by atoms with E-state index in [0.29, 0.717) is 6.04 Å². The highest BCUT2D eigenvalue weighted by Gasteiger charge is 2.04. The summed E-state index contributed by atoms with van der Waals surface area (Å²) in [5.74, 6) is 0. The maximum Gasteiger partial charge on any atom is 0.0795 e. The lowest BCUT2D eigenvalue weighted by atomic mass is 10.2. The van der Waals surface area contributed by atoms with Crippen LogP contribution in [-0.4, -0.2) is 23.2 Å². The van der Waals surface area contributed by atoms with E-state index < -0.39 is 0 Å². The second kappa shape index (κ2) is 6.07. The van der Waals surface area contributed by atoms with E-state index >= 15 is 0 Å². The van der Waals surface area contributed by atoms with E-state index in [4.69, 9.17) is 5.11 Å². The summed E-state index contributed by atoms with van der Waals surface area (Å²) in [6, 6.07) is 0.324. The Morgan fingerprint density at radius 2 is 2.46 bits per heavy atom. The van der Waals surface area contributed by atoms with Gasteiger partial charge in [-0.05, 0) is 26.3 Å². The first-order valence-corrected chi connectivity index (χ1v) is 5.51. The second-order valence-electron chi connectivity index (χ2n) is 3.02. The number of nitrogens with one attached hydrogen (secondary N) is 1. The molecule has 0 bridgehead atoms. The van der Waals surface area contributed by atoms with Crippen molar-refractivity contribution in [2.75, 3.05) is 13.2 Å². The number of thiazole rings is 1. The van der Waals surface area contributed by atoms with Crippen LogP contribution in [0, 0.1) is 0 Å². The lowest BCUT2D eigenvalue weighted by molar-refractivity contribution is 0.283. The Labute approximate surface area is 82.8 Å². The van der Waals surface area contributed by atoms with Crippen LogP contribution in [0.1, 0.15) is 31.5 Å². The summed E-state index contributed by atoms with van der Waals surface area (Å²) in [6.07, 6.45) is 1.89. The average molecular weight is 200 g/mol. The first-order chi connectivity index (χ1) is 6.34.